The van der Waals surface area contributed by atoms with Crippen LogP contribution in [0.1, 0.15) is 63.8 Å². The van der Waals surface area contributed by atoms with Gasteiger partial charge < -0.3 is 14.6 Å². The number of thiazole rings is 1. The van der Waals surface area contributed by atoms with Crippen LogP contribution in [0.5, 0.6) is 0 Å². The minimum absolute atomic E-state index is 0.185. The summed E-state index contributed by atoms with van der Waals surface area (Å²) in [6, 6.07) is 14.1. The number of anilines is 2. The van der Waals surface area contributed by atoms with E-state index in [-0.39, 0.29) is 11.4 Å². The number of hydrogen-bond donors (Lipinski definition) is 2. The number of morpholine rings is 1. The van der Waals surface area contributed by atoms with Crippen LogP contribution >= 0.6 is 11.3 Å². The number of benzene rings is 1. The number of hydrogen-bond acceptors (Lipinski definition) is 8. The Morgan fingerprint density at radius 3 is 2.47 bits per heavy atom. The topological polar surface area (TPSA) is 110 Å². The number of carbonyl (C=O) groups is 1. The average molecular weight is 600 g/mol. The lowest BCUT2D eigenvalue weighted by Gasteiger charge is -2.38. The predicted octanol–water partition coefficient (Wildman–Crippen LogP) is 6.90. The molecule has 5 heterocycles. The molecule has 1 saturated heterocycles. The maximum Gasteiger partial charge on any atom is 0.324 e. The smallest absolute Gasteiger partial charge is 0.324 e. The van der Waals surface area contributed by atoms with Gasteiger partial charge in [0.2, 0.25) is 0 Å². The van der Waals surface area contributed by atoms with E-state index in [1.165, 1.54) is 31.4 Å². The summed E-state index contributed by atoms with van der Waals surface area (Å²) in [6.07, 6.45) is 6.92. The van der Waals surface area contributed by atoms with Crippen molar-refractivity contribution in [3.8, 4) is 11.3 Å². The van der Waals surface area contributed by atoms with Gasteiger partial charge in [-0.25, -0.2) is 14.8 Å². The summed E-state index contributed by atoms with van der Waals surface area (Å²) in [5, 5.41) is 9.50. The first-order valence-electron chi connectivity index (χ1n) is 15.1. The van der Waals surface area contributed by atoms with Gasteiger partial charge in [-0.2, -0.15) is 0 Å². The fourth-order valence-corrected chi connectivity index (χ4v) is 7.12. The van der Waals surface area contributed by atoms with Gasteiger partial charge in [0.05, 0.1) is 24.4 Å². The molecule has 0 radical (unpaired) electrons. The molecule has 2 amide bonds. The SMILES string of the molecule is CC(C)(C)c1cc(NC(=O)Nc2ccc(-c3cn4c(n3)sc3nc([C@H]5CC[C@H](N6CCOCC6)CC5)ccc34)cc2)no1. The number of ether oxygens (including phenoxy) is 1. The Morgan fingerprint density at radius 2 is 1.74 bits per heavy atom. The highest BCUT2D eigenvalue weighted by atomic mass is 32.1. The minimum atomic E-state index is -0.382. The second kappa shape index (κ2) is 11.4. The molecule has 4 aromatic heterocycles. The second-order valence-electron chi connectivity index (χ2n) is 12.6. The molecule has 2 fully saturated rings. The summed E-state index contributed by atoms with van der Waals surface area (Å²) in [5.41, 5.74) is 4.64. The zero-order chi connectivity index (χ0) is 29.6. The van der Waals surface area contributed by atoms with Crippen molar-refractivity contribution < 1.29 is 14.1 Å². The molecule has 0 atom stereocenters. The maximum atomic E-state index is 12.5. The Morgan fingerprint density at radius 1 is 0.977 bits per heavy atom. The van der Waals surface area contributed by atoms with Crippen LogP contribution in [0, 0.1) is 0 Å². The normalized spacial score (nSPS) is 20.1. The van der Waals surface area contributed by atoms with E-state index in [4.69, 9.17) is 19.2 Å². The third-order valence-electron chi connectivity index (χ3n) is 8.59. The van der Waals surface area contributed by atoms with Crippen LogP contribution in [-0.2, 0) is 10.2 Å². The zero-order valence-electron chi connectivity index (χ0n) is 24.8. The molecule has 2 aliphatic rings. The van der Waals surface area contributed by atoms with Gasteiger partial charge in [0.25, 0.3) is 0 Å². The van der Waals surface area contributed by atoms with Gasteiger partial charge in [0, 0.05) is 59.7 Å². The molecule has 5 aromatic rings. The van der Waals surface area contributed by atoms with Gasteiger partial charge in [-0.05, 0) is 49.9 Å². The fourth-order valence-electron chi connectivity index (χ4n) is 6.14. The number of nitrogens with one attached hydrogen (secondary N) is 2. The van der Waals surface area contributed by atoms with Gasteiger partial charge in [-0.3, -0.25) is 14.6 Å². The van der Waals surface area contributed by atoms with E-state index in [9.17, 15) is 4.79 Å². The van der Waals surface area contributed by atoms with Gasteiger partial charge in [-0.1, -0.05) is 49.4 Å². The van der Waals surface area contributed by atoms with E-state index in [1.807, 2.05) is 45.0 Å². The molecule has 0 spiro atoms. The van der Waals surface area contributed by atoms with Crippen molar-refractivity contribution in [2.45, 2.75) is 63.8 Å². The van der Waals surface area contributed by atoms with E-state index in [0.29, 0.717) is 29.2 Å². The van der Waals surface area contributed by atoms with Crippen molar-refractivity contribution in [1.82, 2.24) is 24.4 Å². The van der Waals surface area contributed by atoms with Crippen molar-refractivity contribution in [2.75, 3.05) is 36.9 Å². The number of fused-ring (bicyclic) bond motifs is 3. The highest BCUT2D eigenvalue weighted by molar-refractivity contribution is 7.23. The lowest BCUT2D eigenvalue weighted by Crippen LogP contribution is -2.44. The minimum Gasteiger partial charge on any atom is -0.379 e. The molecule has 10 nitrogen and oxygen atoms in total. The van der Waals surface area contributed by atoms with E-state index in [1.54, 1.807) is 17.4 Å². The molecule has 43 heavy (non-hydrogen) atoms. The van der Waals surface area contributed by atoms with Crippen molar-refractivity contribution in [3.63, 3.8) is 0 Å². The highest BCUT2D eigenvalue weighted by Gasteiger charge is 2.28. The number of carbonyl (C=O) groups excluding carboxylic acids is 1. The Hall–Kier alpha value is -3.80. The molecular formula is C32H37N7O3S. The van der Waals surface area contributed by atoms with Gasteiger partial charge in [0.15, 0.2) is 10.8 Å². The van der Waals surface area contributed by atoms with E-state index in [2.05, 4.69) is 43.4 Å². The summed E-state index contributed by atoms with van der Waals surface area (Å²) in [7, 11) is 0. The molecule has 0 bridgehead atoms. The molecule has 1 aliphatic heterocycles. The van der Waals surface area contributed by atoms with Gasteiger partial charge >= 0.3 is 6.03 Å². The molecule has 1 aliphatic carbocycles. The summed E-state index contributed by atoms with van der Waals surface area (Å²) in [5.74, 6) is 1.61. The van der Waals surface area contributed by atoms with E-state index >= 15 is 0 Å². The molecule has 0 unspecified atom stereocenters. The third kappa shape index (κ3) is 5.89. The summed E-state index contributed by atoms with van der Waals surface area (Å²) >= 11 is 1.63. The number of urea groups is 1. The fraction of sp³-hybridized carbons (Fsp3) is 0.438. The largest absolute Gasteiger partial charge is 0.379 e. The number of rotatable bonds is 5. The number of nitrogens with zero attached hydrogens (tertiary/aromatic N) is 5. The number of amides is 2. The number of pyridine rings is 1. The quantitative estimate of drug-likeness (QED) is 0.226. The summed E-state index contributed by atoms with van der Waals surface area (Å²) in [4.78, 5) is 27.1. The van der Waals surface area contributed by atoms with Crippen LogP contribution in [0.25, 0.3) is 26.6 Å². The Kier molecular flexibility index (Phi) is 7.40. The summed E-state index contributed by atoms with van der Waals surface area (Å²) < 4.78 is 13.0. The molecular weight excluding hydrogens is 562 g/mol. The van der Waals surface area contributed by atoms with Crippen LogP contribution in [-0.4, -0.2) is 62.8 Å². The van der Waals surface area contributed by atoms with Gasteiger partial charge in [0.1, 0.15) is 10.6 Å². The van der Waals surface area contributed by atoms with Crippen LogP contribution in [0.2, 0.25) is 0 Å². The van der Waals surface area contributed by atoms with E-state index in [0.717, 1.165) is 52.9 Å². The van der Waals surface area contributed by atoms with Gasteiger partial charge in [-0.15, -0.1) is 0 Å². The molecule has 7 rings (SSSR count). The van der Waals surface area contributed by atoms with Crippen molar-refractivity contribution in [1.29, 1.82) is 0 Å². The monoisotopic (exact) mass is 599 g/mol. The van der Waals surface area contributed by atoms with Crippen molar-refractivity contribution in [2.24, 2.45) is 0 Å². The first-order chi connectivity index (χ1) is 20.8. The van der Waals surface area contributed by atoms with Crippen LogP contribution in [0.3, 0.4) is 0 Å². The van der Waals surface area contributed by atoms with E-state index < -0.39 is 0 Å². The third-order valence-corrected chi connectivity index (χ3v) is 9.55. The standard InChI is InChI=1S/C32H37N7O3S/c1-32(2,3)27-18-28(37-42-27)36-30(40)33-22-8-4-21(5-9-22)25-19-39-26-13-12-24(34-29(26)43-31(39)35-25)20-6-10-23(11-7-20)38-14-16-41-17-15-38/h4-5,8-9,12-13,18-20,23H,6-7,10-11,14-17H2,1-3H3,(H2,33,36,37,40)/t20-,23-. The Bertz CT molecular complexity index is 1740. The summed E-state index contributed by atoms with van der Waals surface area (Å²) in [6.45, 7) is 9.94. The average Bonchev–Trinajstić information content (AvgIpc) is 3.73. The molecule has 224 valence electrons. The van der Waals surface area contributed by atoms with Crippen LogP contribution in [0.15, 0.2) is 53.2 Å². The first-order valence-corrected chi connectivity index (χ1v) is 15.9. The maximum absolute atomic E-state index is 12.5. The number of imidazole rings is 1. The number of aromatic nitrogens is 4. The second-order valence-corrected chi connectivity index (χ2v) is 13.5. The zero-order valence-corrected chi connectivity index (χ0v) is 25.6. The van der Waals surface area contributed by atoms with Crippen LogP contribution in [0.4, 0.5) is 16.3 Å². The molecule has 1 saturated carbocycles. The van der Waals surface area contributed by atoms with Crippen molar-refractivity contribution >= 4 is 44.2 Å². The molecule has 1 aromatic carbocycles. The molecule has 11 heteroatoms. The Labute approximate surface area is 254 Å². The van der Waals surface area contributed by atoms with Crippen LogP contribution < -0.4 is 10.6 Å². The highest BCUT2D eigenvalue weighted by Crippen LogP contribution is 2.36. The Balaban J connectivity index is 0.994. The molecule has 2 N–H and O–H groups in total. The lowest BCUT2D eigenvalue weighted by molar-refractivity contribution is 0.00721. The predicted molar refractivity (Wildman–Crippen MR) is 169 cm³/mol. The first kappa shape index (κ1) is 28.0. The lowest BCUT2D eigenvalue weighted by atomic mass is 9.83. The van der Waals surface area contributed by atoms with Crippen molar-refractivity contribution in [3.05, 3.63) is 60.1 Å².